The number of nitrogens with two attached hydrogens (primary N) is 1. The molecule has 1 aliphatic carbocycles. The van der Waals surface area contributed by atoms with Crippen LogP contribution in [0.3, 0.4) is 0 Å². The van der Waals surface area contributed by atoms with Gasteiger partial charge < -0.3 is 16.2 Å². The number of rotatable bonds is 3. The molecule has 5 nitrogen and oxygen atoms in total. The predicted molar refractivity (Wildman–Crippen MR) is 81.4 cm³/mol. The van der Waals surface area contributed by atoms with Gasteiger partial charge in [0.15, 0.2) is 0 Å². The lowest BCUT2D eigenvalue weighted by atomic mass is 9.88. The van der Waals surface area contributed by atoms with Gasteiger partial charge in [-0.3, -0.25) is 0 Å². The van der Waals surface area contributed by atoms with Crippen molar-refractivity contribution in [1.29, 1.82) is 0 Å². The van der Waals surface area contributed by atoms with E-state index < -0.39 is 5.97 Å². The number of aryl methyl sites for hydroxylation is 1. The number of aromatic carboxylic acids is 1. The summed E-state index contributed by atoms with van der Waals surface area (Å²) < 4.78 is 0. The molecule has 1 heterocycles. The fraction of sp³-hybridized carbons (Fsp3) is 0.250. The molecule has 0 aliphatic heterocycles. The van der Waals surface area contributed by atoms with E-state index in [0.717, 1.165) is 19.3 Å². The van der Waals surface area contributed by atoms with Gasteiger partial charge >= 0.3 is 5.97 Å². The highest BCUT2D eigenvalue weighted by atomic mass is 16.4. The number of pyridine rings is 1. The van der Waals surface area contributed by atoms with E-state index in [-0.39, 0.29) is 17.3 Å². The molecule has 0 radical (unpaired) electrons. The number of fused-ring (bicyclic) bond motifs is 1. The summed E-state index contributed by atoms with van der Waals surface area (Å²) in [5.41, 5.74) is 8.49. The lowest BCUT2D eigenvalue weighted by Gasteiger charge is -2.26. The van der Waals surface area contributed by atoms with Gasteiger partial charge in [0.2, 0.25) is 0 Å². The fourth-order valence-electron chi connectivity index (χ4n) is 2.81. The molecule has 0 spiro atoms. The normalized spacial score (nSPS) is 17.0. The zero-order valence-corrected chi connectivity index (χ0v) is 11.5. The third kappa shape index (κ3) is 2.67. The smallest absolute Gasteiger partial charge is 0.337 e. The van der Waals surface area contributed by atoms with E-state index in [2.05, 4.69) is 22.4 Å². The van der Waals surface area contributed by atoms with Crippen molar-refractivity contribution in [1.82, 2.24) is 4.98 Å². The van der Waals surface area contributed by atoms with Crippen molar-refractivity contribution in [2.24, 2.45) is 0 Å². The van der Waals surface area contributed by atoms with Crippen molar-refractivity contribution >= 4 is 17.5 Å². The third-order valence-corrected chi connectivity index (χ3v) is 3.86. The maximum Gasteiger partial charge on any atom is 0.337 e. The fourth-order valence-corrected chi connectivity index (χ4v) is 2.81. The number of hydrogen-bond acceptors (Lipinski definition) is 4. The minimum absolute atomic E-state index is 0.0802. The summed E-state index contributed by atoms with van der Waals surface area (Å²) in [5.74, 6) is -0.495. The number of nitrogens with one attached hydrogen (secondary N) is 1. The number of carboxylic acid groups (broad SMARTS) is 1. The Labute approximate surface area is 122 Å². The molecule has 3 rings (SSSR count). The number of aromatic nitrogens is 1. The number of nitrogen functional groups attached to an aromatic ring is 1. The molecule has 108 valence electrons. The molecule has 0 amide bonds. The Kier molecular flexibility index (Phi) is 3.48. The van der Waals surface area contributed by atoms with E-state index in [1.165, 1.54) is 23.4 Å². The summed E-state index contributed by atoms with van der Waals surface area (Å²) >= 11 is 0. The standard InChI is InChI=1S/C16H17N3O2/c17-13-9-18-15(8-12(13)16(20)21)19-14-7-3-5-10-4-1-2-6-11(10)14/h1-2,4,6,8-9,14H,3,5,7,17H2,(H,18,19)(H,20,21). The zero-order valence-electron chi connectivity index (χ0n) is 11.5. The second-order valence-electron chi connectivity index (χ2n) is 5.25. The summed E-state index contributed by atoms with van der Waals surface area (Å²) in [6, 6.07) is 9.98. The minimum atomic E-state index is -1.04. The second kappa shape index (κ2) is 5.44. The quantitative estimate of drug-likeness (QED) is 0.806. The van der Waals surface area contributed by atoms with Crippen LogP contribution in [-0.4, -0.2) is 16.1 Å². The predicted octanol–water partition coefficient (Wildman–Crippen LogP) is 2.85. The molecule has 1 atom stereocenters. The number of carbonyl (C=O) groups is 1. The van der Waals surface area contributed by atoms with Crippen molar-refractivity contribution in [3.05, 3.63) is 53.2 Å². The Morgan fingerprint density at radius 3 is 3.00 bits per heavy atom. The monoisotopic (exact) mass is 283 g/mol. The summed E-state index contributed by atoms with van der Waals surface area (Å²) in [4.78, 5) is 15.3. The first-order valence-corrected chi connectivity index (χ1v) is 6.98. The van der Waals surface area contributed by atoms with E-state index >= 15 is 0 Å². The lowest BCUT2D eigenvalue weighted by Crippen LogP contribution is -2.18. The van der Waals surface area contributed by atoms with Crippen LogP contribution in [0.2, 0.25) is 0 Å². The van der Waals surface area contributed by atoms with Gasteiger partial charge in [0.1, 0.15) is 5.82 Å². The lowest BCUT2D eigenvalue weighted by molar-refractivity contribution is 0.0698. The van der Waals surface area contributed by atoms with Gasteiger partial charge in [0.05, 0.1) is 23.5 Å². The van der Waals surface area contributed by atoms with E-state index in [9.17, 15) is 4.79 Å². The Bertz CT molecular complexity index is 685. The molecular formula is C16H17N3O2. The van der Waals surface area contributed by atoms with Crippen LogP contribution in [0.25, 0.3) is 0 Å². The molecule has 1 aromatic carbocycles. The first-order valence-electron chi connectivity index (χ1n) is 6.98. The Balaban J connectivity index is 1.88. The molecule has 0 fully saturated rings. The molecule has 5 heteroatoms. The molecule has 0 saturated carbocycles. The summed E-state index contributed by atoms with van der Waals surface area (Å²) in [6.45, 7) is 0. The number of hydrogen-bond donors (Lipinski definition) is 3. The van der Waals surface area contributed by atoms with E-state index in [1.807, 2.05) is 12.1 Å². The topological polar surface area (TPSA) is 88.2 Å². The Hall–Kier alpha value is -2.56. The van der Waals surface area contributed by atoms with E-state index in [1.54, 1.807) is 0 Å². The number of carboxylic acids is 1. The number of anilines is 2. The minimum Gasteiger partial charge on any atom is -0.478 e. The Morgan fingerprint density at radius 2 is 2.19 bits per heavy atom. The number of nitrogens with zero attached hydrogens (tertiary/aromatic N) is 1. The van der Waals surface area contributed by atoms with Gasteiger partial charge in [0.25, 0.3) is 0 Å². The highest BCUT2D eigenvalue weighted by Gasteiger charge is 2.20. The van der Waals surface area contributed by atoms with Crippen LogP contribution in [0.4, 0.5) is 11.5 Å². The molecule has 1 aromatic heterocycles. The Morgan fingerprint density at radius 1 is 1.38 bits per heavy atom. The summed E-state index contributed by atoms with van der Waals surface area (Å²) in [6.07, 6.45) is 4.59. The van der Waals surface area contributed by atoms with Gasteiger partial charge in [-0.05, 0) is 36.5 Å². The zero-order chi connectivity index (χ0) is 14.8. The SMILES string of the molecule is Nc1cnc(NC2CCCc3ccccc32)cc1C(=O)O. The van der Waals surface area contributed by atoms with Gasteiger partial charge in [-0.25, -0.2) is 9.78 Å². The third-order valence-electron chi connectivity index (χ3n) is 3.86. The van der Waals surface area contributed by atoms with Crippen molar-refractivity contribution in [2.45, 2.75) is 25.3 Å². The summed E-state index contributed by atoms with van der Waals surface area (Å²) in [5, 5.41) is 12.4. The summed E-state index contributed by atoms with van der Waals surface area (Å²) in [7, 11) is 0. The molecule has 21 heavy (non-hydrogen) atoms. The average molecular weight is 283 g/mol. The van der Waals surface area contributed by atoms with Crippen molar-refractivity contribution in [2.75, 3.05) is 11.1 Å². The number of benzene rings is 1. The van der Waals surface area contributed by atoms with Crippen LogP contribution >= 0.6 is 0 Å². The van der Waals surface area contributed by atoms with Crippen LogP contribution < -0.4 is 11.1 Å². The first-order chi connectivity index (χ1) is 10.1. The second-order valence-corrected chi connectivity index (χ2v) is 5.25. The molecule has 1 aliphatic rings. The largest absolute Gasteiger partial charge is 0.478 e. The van der Waals surface area contributed by atoms with Crippen molar-refractivity contribution < 1.29 is 9.90 Å². The molecule has 4 N–H and O–H groups in total. The van der Waals surface area contributed by atoms with Crippen LogP contribution in [0, 0.1) is 0 Å². The molecule has 2 aromatic rings. The van der Waals surface area contributed by atoms with Crippen LogP contribution in [0.15, 0.2) is 36.5 Å². The maximum absolute atomic E-state index is 11.1. The molecule has 0 bridgehead atoms. The molecular weight excluding hydrogens is 266 g/mol. The average Bonchev–Trinajstić information content (AvgIpc) is 2.49. The van der Waals surface area contributed by atoms with Crippen molar-refractivity contribution in [3.63, 3.8) is 0 Å². The highest BCUT2D eigenvalue weighted by Crippen LogP contribution is 2.32. The molecule has 0 saturated heterocycles. The van der Waals surface area contributed by atoms with E-state index in [0.29, 0.717) is 5.82 Å². The highest BCUT2D eigenvalue weighted by molar-refractivity contribution is 5.94. The van der Waals surface area contributed by atoms with Gasteiger partial charge in [-0.1, -0.05) is 24.3 Å². The van der Waals surface area contributed by atoms with Crippen molar-refractivity contribution in [3.8, 4) is 0 Å². The van der Waals surface area contributed by atoms with Gasteiger partial charge in [0, 0.05) is 0 Å². The first kappa shape index (κ1) is 13.4. The van der Waals surface area contributed by atoms with Gasteiger partial charge in [-0.15, -0.1) is 0 Å². The maximum atomic E-state index is 11.1. The molecule has 1 unspecified atom stereocenters. The van der Waals surface area contributed by atoms with Crippen LogP contribution in [0.5, 0.6) is 0 Å². The van der Waals surface area contributed by atoms with Crippen LogP contribution in [-0.2, 0) is 6.42 Å². The van der Waals surface area contributed by atoms with Crippen LogP contribution in [0.1, 0.15) is 40.4 Å². The van der Waals surface area contributed by atoms with E-state index in [4.69, 9.17) is 10.8 Å². The van der Waals surface area contributed by atoms with Gasteiger partial charge in [-0.2, -0.15) is 0 Å².